The SMILES string of the molecule is CC(C)[C@@H](N)c1n[nH]c([C@@H]2CCCO2)n1. The molecule has 1 aliphatic rings. The number of hydrogen-bond donors (Lipinski definition) is 2. The molecule has 84 valence electrons. The fourth-order valence-corrected chi connectivity index (χ4v) is 1.67. The molecule has 0 amide bonds. The number of nitrogens with one attached hydrogen (secondary N) is 1. The summed E-state index contributed by atoms with van der Waals surface area (Å²) in [5.74, 6) is 1.85. The van der Waals surface area contributed by atoms with Crippen molar-refractivity contribution in [3.63, 3.8) is 0 Å². The van der Waals surface area contributed by atoms with Gasteiger partial charge < -0.3 is 10.5 Å². The first-order chi connectivity index (χ1) is 7.18. The van der Waals surface area contributed by atoms with E-state index >= 15 is 0 Å². The highest BCUT2D eigenvalue weighted by Crippen LogP contribution is 2.26. The molecule has 2 rings (SSSR count). The maximum absolute atomic E-state index is 5.96. The van der Waals surface area contributed by atoms with E-state index in [0.29, 0.717) is 11.7 Å². The van der Waals surface area contributed by atoms with Gasteiger partial charge in [0.2, 0.25) is 0 Å². The van der Waals surface area contributed by atoms with Gasteiger partial charge in [-0.3, -0.25) is 5.10 Å². The number of nitrogens with zero attached hydrogens (tertiary/aromatic N) is 2. The highest BCUT2D eigenvalue weighted by Gasteiger charge is 2.23. The second-order valence-corrected chi connectivity index (χ2v) is 4.35. The summed E-state index contributed by atoms with van der Waals surface area (Å²) in [7, 11) is 0. The molecule has 0 aliphatic carbocycles. The van der Waals surface area contributed by atoms with E-state index in [1.807, 2.05) is 0 Å². The topological polar surface area (TPSA) is 76.8 Å². The van der Waals surface area contributed by atoms with Crippen LogP contribution in [0.25, 0.3) is 0 Å². The molecule has 1 aromatic rings. The van der Waals surface area contributed by atoms with Gasteiger partial charge in [-0.05, 0) is 18.8 Å². The Morgan fingerprint density at radius 3 is 2.93 bits per heavy atom. The molecule has 1 aromatic heterocycles. The molecule has 0 saturated carbocycles. The summed E-state index contributed by atoms with van der Waals surface area (Å²) in [5.41, 5.74) is 5.96. The number of H-pyrrole nitrogens is 1. The van der Waals surface area contributed by atoms with Crippen molar-refractivity contribution >= 4 is 0 Å². The van der Waals surface area contributed by atoms with Crippen LogP contribution in [0.1, 0.15) is 50.5 Å². The van der Waals surface area contributed by atoms with Gasteiger partial charge in [0.1, 0.15) is 6.10 Å². The lowest BCUT2D eigenvalue weighted by Crippen LogP contribution is -2.18. The predicted molar refractivity (Wildman–Crippen MR) is 56.1 cm³/mol. The van der Waals surface area contributed by atoms with Crippen LogP contribution in [-0.4, -0.2) is 21.8 Å². The van der Waals surface area contributed by atoms with Crippen LogP contribution in [0.3, 0.4) is 0 Å². The molecule has 0 aromatic carbocycles. The van der Waals surface area contributed by atoms with Gasteiger partial charge in [0.15, 0.2) is 11.6 Å². The molecule has 5 nitrogen and oxygen atoms in total. The van der Waals surface area contributed by atoms with E-state index in [1.165, 1.54) is 0 Å². The summed E-state index contributed by atoms with van der Waals surface area (Å²) in [5, 5.41) is 7.06. The number of rotatable bonds is 3. The fourth-order valence-electron chi connectivity index (χ4n) is 1.67. The molecule has 2 heterocycles. The van der Waals surface area contributed by atoms with E-state index in [1.54, 1.807) is 0 Å². The van der Waals surface area contributed by atoms with Crippen molar-refractivity contribution in [2.45, 2.75) is 38.8 Å². The lowest BCUT2D eigenvalue weighted by Gasteiger charge is -2.10. The number of hydrogen-bond acceptors (Lipinski definition) is 4. The number of aromatic nitrogens is 3. The first kappa shape index (κ1) is 10.6. The zero-order valence-electron chi connectivity index (χ0n) is 9.23. The second kappa shape index (κ2) is 4.28. The Morgan fingerprint density at radius 1 is 1.53 bits per heavy atom. The Balaban J connectivity index is 2.09. The normalized spacial score (nSPS) is 23.6. The smallest absolute Gasteiger partial charge is 0.167 e. The summed E-state index contributed by atoms with van der Waals surface area (Å²) in [6.07, 6.45) is 2.20. The molecule has 3 N–H and O–H groups in total. The Labute approximate surface area is 89.4 Å². The third-order valence-corrected chi connectivity index (χ3v) is 2.77. The van der Waals surface area contributed by atoms with Crippen LogP contribution in [0.2, 0.25) is 0 Å². The lowest BCUT2D eigenvalue weighted by atomic mass is 10.1. The standard InChI is InChI=1S/C10H18N4O/c1-6(2)8(11)10-12-9(13-14-10)7-4-3-5-15-7/h6-8H,3-5,11H2,1-2H3,(H,12,13,14)/t7-,8+/m0/s1. The molecule has 1 aliphatic heterocycles. The van der Waals surface area contributed by atoms with Gasteiger partial charge in [0.25, 0.3) is 0 Å². The summed E-state index contributed by atoms with van der Waals surface area (Å²) < 4.78 is 5.52. The number of ether oxygens (including phenoxy) is 1. The van der Waals surface area contributed by atoms with Gasteiger partial charge in [0.05, 0.1) is 6.04 Å². The van der Waals surface area contributed by atoms with E-state index in [4.69, 9.17) is 10.5 Å². The van der Waals surface area contributed by atoms with Crippen molar-refractivity contribution < 1.29 is 4.74 Å². The number of nitrogens with two attached hydrogens (primary N) is 1. The molecular weight excluding hydrogens is 192 g/mol. The maximum atomic E-state index is 5.96. The quantitative estimate of drug-likeness (QED) is 0.788. The molecule has 1 saturated heterocycles. The van der Waals surface area contributed by atoms with Gasteiger partial charge in [-0.1, -0.05) is 13.8 Å². The molecular formula is C10H18N4O. The monoisotopic (exact) mass is 210 g/mol. The van der Waals surface area contributed by atoms with Crippen LogP contribution >= 0.6 is 0 Å². The second-order valence-electron chi connectivity index (χ2n) is 4.35. The third-order valence-electron chi connectivity index (χ3n) is 2.77. The third kappa shape index (κ3) is 2.18. The van der Waals surface area contributed by atoms with Crippen molar-refractivity contribution in [1.82, 2.24) is 15.2 Å². The molecule has 15 heavy (non-hydrogen) atoms. The molecule has 0 radical (unpaired) electrons. The minimum Gasteiger partial charge on any atom is -0.370 e. The van der Waals surface area contributed by atoms with Gasteiger partial charge >= 0.3 is 0 Å². The molecule has 1 fully saturated rings. The average molecular weight is 210 g/mol. The van der Waals surface area contributed by atoms with E-state index < -0.39 is 0 Å². The molecule has 0 bridgehead atoms. The van der Waals surface area contributed by atoms with Gasteiger partial charge in [-0.2, -0.15) is 5.10 Å². The minimum atomic E-state index is -0.101. The Hall–Kier alpha value is -0.940. The first-order valence-corrected chi connectivity index (χ1v) is 5.48. The average Bonchev–Trinajstić information content (AvgIpc) is 2.86. The van der Waals surface area contributed by atoms with Crippen LogP contribution in [0.4, 0.5) is 0 Å². The van der Waals surface area contributed by atoms with Gasteiger partial charge in [0, 0.05) is 6.61 Å². The highest BCUT2D eigenvalue weighted by atomic mass is 16.5. The van der Waals surface area contributed by atoms with Crippen LogP contribution < -0.4 is 5.73 Å². The van der Waals surface area contributed by atoms with E-state index in [9.17, 15) is 0 Å². The molecule has 0 unspecified atom stereocenters. The van der Waals surface area contributed by atoms with Crippen LogP contribution in [-0.2, 0) is 4.74 Å². The Bertz CT molecular complexity index is 300. The summed E-state index contributed by atoms with van der Waals surface area (Å²) in [6, 6.07) is -0.101. The molecule has 5 heteroatoms. The van der Waals surface area contributed by atoms with Crippen molar-refractivity contribution in [2.24, 2.45) is 11.7 Å². The van der Waals surface area contributed by atoms with Gasteiger partial charge in [-0.25, -0.2) is 4.98 Å². The van der Waals surface area contributed by atoms with Crippen molar-refractivity contribution in [3.8, 4) is 0 Å². The molecule has 0 spiro atoms. The summed E-state index contributed by atoms with van der Waals surface area (Å²) in [6.45, 7) is 4.94. The fraction of sp³-hybridized carbons (Fsp3) is 0.800. The summed E-state index contributed by atoms with van der Waals surface area (Å²) in [4.78, 5) is 4.40. The van der Waals surface area contributed by atoms with Crippen molar-refractivity contribution in [2.75, 3.05) is 6.61 Å². The van der Waals surface area contributed by atoms with E-state index in [2.05, 4.69) is 29.0 Å². The summed E-state index contributed by atoms with van der Waals surface area (Å²) >= 11 is 0. The minimum absolute atomic E-state index is 0.0885. The zero-order chi connectivity index (χ0) is 10.8. The zero-order valence-corrected chi connectivity index (χ0v) is 9.23. The highest BCUT2D eigenvalue weighted by molar-refractivity contribution is 5.00. The Morgan fingerprint density at radius 2 is 2.33 bits per heavy atom. The van der Waals surface area contributed by atoms with Crippen molar-refractivity contribution in [3.05, 3.63) is 11.6 Å². The first-order valence-electron chi connectivity index (χ1n) is 5.48. The van der Waals surface area contributed by atoms with Gasteiger partial charge in [-0.15, -0.1) is 0 Å². The van der Waals surface area contributed by atoms with E-state index in [-0.39, 0.29) is 12.1 Å². The van der Waals surface area contributed by atoms with Crippen LogP contribution in [0.5, 0.6) is 0 Å². The lowest BCUT2D eigenvalue weighted by molar-refractivity contribution is 0.105. The maximum Gasteiger partial charge on any atom is 0.167 e. The number of aromatic amines is 1. The molecule has 2 atom stereocenters. The largest absolute Gasteiger partial charge is 0.370 e. The Kier molecular flexibility index (Phi) is 3.02. The van der Waals surface area contributed by atoms with Crippen LogP contribution in [0, 0.1) is 5.92 Å². The van der Waals surface area contributed by atoms with E-state index in [0.717, 1.165) is 25.3 Å². The predicted octanol–water partition coefficient (Wildman–Crippen LogP) is 1.31. The van der Waals surface area contributed by atoms with Crippen LogP contribution in [0.15, 0.2) is 0 Å². The van der Waals surface area contributed by atoms with Crippen molar-refractivity contribution in [1.29, 1.82) is 0 Å².